The molecule has 1 aromatic heterocycles. The van der Waals surface area contributed by atoms with Gasteiger partial charge in [0, 0.05) is 32.4 Å². The van der Waals surface area contributed by atoms with Crippen LogP contribution in [-0.4, -0.2) is 76.5 Å². The summed E-state index contributed by atoms with van der Waals surface area (Å²) in [4.78, 5) is 54.5. The molecule has 0 saturated carbocycles. The maximum absolute atomic E-state index is 13.9. The van der Waals surface area contributed by atoms with Gasteiger partial charge in [-0.1, -0.05) is 0 Å². The van der Waals surface area contributed by atoms with E-state index < -0.39 is 53.6 Å². The summed E-state index contributed by atoms with van der Waals surface area (Å²) in [7, 11) is 2.96. The van der Waals surface area contributed by atoms with Crippen molar-refractivity contribution in [2.24, 2.45) is 7.05 Å². The maximum atomic E-state index is 13.9. The first-order chi connectivity index (χ1) is 17.2. The number of rotatable bonds is 5. The number of carbonyl (C=O) groups excluding carboxylic acids is 4. The fraction of sp³-hybridized carbons (Fsp3) is 0.417. The molecule has 3 atom stereocenters. The number of hydrogen-bond donors (Lipinski definition) is 2. The fourth-order valence-electron chi connectivity index (χ4n) is 4.77. The molecule has 2 aliphatic heterocycles. The van der Waals surface area contributed by atoms with E-state index in [-0.39, 0.29) is 18.7 Å². The number of halogens is 2. The number of urea groups is 1. The molecule has 2 fully saturated rings. The Morgan fingerprint density at radius 1 is 1.08 bits per heavy atom. The summed E-state index contributed by atoms with van der Waals surface area (Å²) in [5.41, 5.74) is 0.145. The molecule has 0 aliphatic carbocycles. The van der Waals surface area contributed by atoms with Gasteiger partial charge in [0.15, 0.2) is 0 Å². The molecule has 0 bridgehead atoms. The molecule has 4 rings (SSSR count). The van der Waals surface area contributed by atoms with Crippen LogP contribution in [0.4, 0.5) is 19.3 Å². The van der Waals surface area contributed by atoms with Crippen molar-refractivity contribution in [3.63, 3.8) is 0 Å². The van der Waals surface area contributed by atoms with Crippen LogP contribution in [0.3, 0.4) is 0 Å². The first-order valence-electron chi connectivity index (χ1n) is 11.5. The first kappa shape index (κ1) is 25.1. The van der Waals surface area contributed by atoms with Crippen molar-refractivity contribution in [3.05, 3.63) is 53.9 Å². The maximum Gasteiger partial charge on any atom is 0.328 e. The molecule has 0 unspecified atom stereocenters. The van der Waals surface area contributed by atoms with Gasteiger partial charge in [-0.3, -0.25) is 9.59 Å². The van der Waals surface area contributed by atoms with E-state index in [4.69, 9.17) is 4.74 Å². The van der Waals surface area contributed by atoms with Crippen LogP contribution in [0.25, 0.3) is 0 Å². The van der Waals surface area contributed by atoms with Gasteiger partial charge < -0.3 is 29.7 Å². The van der Waals surface area contributed by atoms with Crippen molar-refractivity contribution in [1.29, 1.82) is 0 Å². The molecule has 1 aromatic carbocycles. The van der Waals surface area contributed by atoms with Crippen LogP contribution in [0.15, 0.2) is 36.5 Å². The van der Waals surface area contributed by atoms with Crippen molar-refractivity contribution in [2.45, 2.75) is 37.4 Å². The summed E-state index contributed by atoms with van der Waals surface area (Å²) in [6.07, 6.45) is 2.88. The Morgan fingerprint density at radius 2 is 1.86 bits per heavy atom. The van der Waals surface area contributed by atoms with Gasteiger partial charge in [-0.25, -0.2) is 18.4 Å². The van der Waals surface area contributed by atoms with Gasteiger partial charge in [-0.15, -0.1) is 0 Å². The molecule has 0 spiro atoms. The summed E-state index contributed by atoms with van der Waals surface area (Å²) in [6.45, 7) is 0.375. The lowest BCUT2D eigenvalue weighted by Gasteiger charge is -2.30. The first-order valence-corrected chi connectivity index (χ1v) is 11.5. The average Bonchev–Trinajstić information content (AvgIpc) is 3.59. The third-order valence-corrected chi connectivity index (χ3v) is 6.53. The van der Waals surface area contributed by atoms with E-state index in [1.54, 1.807) is 29.9 Å². The Bertz CT molecular complexity index is 1190. The highest BCUT2D eigenvalue weighted by Gasteiger charge is 2.46. The number of ether oxygens (including phenoxy) is 1. The molecule has 192 valence electrons. The standard InChI is InChI=1S/C24H27F2N5O5/c1-29-9-3-5-18(29)21(32)31-13-15(27-24(35)28-17-8-7-14(25)11-16(17)26)12-20(31)22(33)30-10-4-6-19(30)23(34)36-2/h3,5,7-9,11,15,19-20H,4,6,10,12-13H2,1-2H3,(H2,27,28,35)/t15-,19+,20-/m0/s1. The van der Waals surface area contributed by atoms with Gasteiger partial charge >= 0.3 is 12.0 Å². The molecule has 36 heavy (non-hydrogen) atoms. The Kier molecular flexibility index (Phi) is 7.22. The number of nitrogens with one attached hydrogen (secondary N) is 2. The molecule has 2 saturated heterocycles. The van der Waals surface area contributed by atoms with Crippen LogP contribution in [0.5, 0.6) is 0 Å². The number of aromatic nitrogens is 1. The van der Waals surface area contributed by atoms with E-state index in [9.17, 15) is 28.0 Å². The third-order valence-electron chi connectivity index (χ3n) is 6.53. The number of hydrogen-bond acceptors (Lipinski definition) is 5. The third kappa shape index (κ3) is 5.02. The van der Waals surface area contributed by atoms with E-state index >= 15 is 0 Å². The summed E-state index contributed by atoms with van der Waals surface area (Å²) in [5.74, 6) is -3.04. The van der Waals surface area contributed by atoms with Crippen molar-refractivity contribution in [3.8, 4) is 0 Å². The molecular weight excluding hydrogens is 476 g/mol. The normalized spacial score (nSPS) is 21.4. The van der Waals surface area contributed by atoms with Crippen LogP contribution < -0.4 is 10.6 Å². The second-order valence-corrected chi connectivity index (χ2v) is 8.85. The van der Waals surface area contributed by atoms with Crippen LogP contribution in [0, 0.1) is 11.6 Å². The van der Waals surface area contributed by atoms with Gasteiger partial charge in [0.05, 0.1) is 18.8 Å². The average molecular weight is 504 g/mol. The molecule has 2 aromatic rings. The predicted molar refractivity (Wildman–Crippen MR) is 124 cm³/mol. The minimum atomic E-state index is -0.937. The van der Waals surface area contributed by atoms with E-state index in [1.165, 1.54) is 16.9 Å². The minimum absolute atomic E-state index is 0.0243. The Balaban J connectivity index is 1.53. The largest absolute Gasteiger partial charge is 0.467 e. The highest BCUT2D eigenvalue weighted by molar-refractivity contribution is 5.98. The van der Waals surface area contributed by atoms with Gasteiger partial charge in [0.1, 0.15) is 29.4 Å². The Hall–Kier alpha value is -3.96. The van der Waals surface area contributed by atoms with Crippen molar-refractivity contribution in [2.75, 3.05) is 25.5 Å². The SMILES string of the molecule is COC(=O)[C@H]1CCCN1C(=O)[C@@H]1C[C@H](NC(=O)Nc2ccc(F)cc2F)CN1C(=O)c1cccn1C. The number of methoxy groups -OCH3 is 1. The number of likely N-dealkylation sites (tertiary alicyclic amines) is 2. The highest BCUT2D eigenvalue weighted by atomic mass is 19.1. The highest BCUT2D eigenvalue weighted by Crippen LogP contribution is 2.27. The zero-order valence-electron chi connectivity index (χ0n) is 19.9. The summed E-state index contributed by atoms with van der Waals surface area (Å²) in [6, 6.07) is 3.03. The zero-order chi connectivity index (χ0) is 26.0. The molecule has 4 amide bonds. The molecule has 10 nitrogen and oxygen atoms in total. The number of nitrogens with zero attached hydrogens (tertiary/aromatic N) is 3. The Morgan fingerprint density at radius 3 is 2.53 bits per heavy atom. The molecule has 12 heteroatoms. The lowest BCUT2D eigenvalue weighted by molar-refractivity contribution is -0.152. The Labute approximate surface area is 206 Å². The summed E-state index contributed by atoms with van der Waals surface area (Å²) in [5, 5.41) is 4.98. The van der Waals surface area contributed by atoms with Gasteiger partial charge in [-0.05, 0) is 43.5 Å². The number of amides is 4. The quantitative estimate of drug-likeness (QED) is 0.605. The fourth-order valence-corrected chi connectivity index (χ4v) is 4.77. The molecule has 0 radical (unpaired) electrons. The number of aryl methyl sites for hydroxylation is 1. The lowest BCUT2D eigenvalue weighted by atomic mass is 10.1. The molecular formula is C24H27F2N5O5. The van der Waals surface area contributed by atoms with Crippen molar-refractivity contribution in [1.82, 2.24) is 19.7 Å². The minimum Gasteiger partial charge on any atom is -0.467 e. The smallest absolute Gasteiger partial charge is 0.328 e. The topological polar surface area (TPSA) is 113 Å². The lowest BCUT2D eigenvalue weighted by Crippen LogP contribution is -2.51. The van der Waals surface area contributed by atoms with E-state index in [0.717, 1.165) is 12.1 Å². The number of anilines is 1. The molecule has 2 N–H and O–H groups in total. The van der Waals surface area contributed by atoms with Crippen LogP contribution in [0.2, 0.25) is 0 Å². The zero-order valence-corrected chi connectivity index (χ0v) is 19.9. The van der Waals surface area contributed by atoms with E-state index in [0.29, 0.717) is 31.1 Å². The summed E-state index contributed by atoms with van der Waals surface area (Å²) < 4.78 is 33.5. The second-order valence-electron chi connectivity index (χ2n) is 8.85. The molecule has 2 aliphatic rings. The summed E-state index contributed by atoms with van der Waals surface area (Å²) >= 11 is 0. The van der Waals surface area contributed by atoms with Crippen LogP contribution in [0.1, 0.15) is 29.8 Å². The van der Waals surface area contributed by atoms with Crippen LogP contribution in [-0.2, 0) is 21.4 Å². The van der Waals surface area contributed by atoms with Crippen molar-refractivity contribution >= 4 is 29.5 Å². The van der Waals surface area contributed by atoms with Gasteiger partial charge in [-0.2, -0.15) is 0 Å². The van der Waals surface area contributed by atoms with Crippen molar-refractivity contribution < 1.29 is 32.7 Å². The van der Waals surface area contributed by atoms with E-state index in [2.05, 4.69) is 10.6 Å². The van der Waals surface area contributed by atoms with Gasteiger partial charge in [0.2, 0.25) is 5.91 Å². The number of carbonyl (C=O) groups is 4. The number of esters is 1. The van der Waals surface area contributed by atoms with Crippen LogP contribution >= 0.6 is 0 Å². The molecule has 3 heterocycles. The van der Waals surface area contributed by atoms with E-state index in [1.807, 2.05) is 0 Å². The monoisotopic (exact) mass is 503 g/mol. The van der Waals surface area contributed by atoms with Gasteiger partial charge in [0.25, 0.3) is 5.91 Å². The second kappa shape index (κ2) is 10.3. The number of benzene rings is 1. The predicted octanol–water partition coefficient (Wildman–Crippen LogP) is 1.87.